The molecule has 0 aliphatic rings. The van der Waals surface area contributed by atoms with E-state index in [0.29, 0.717) is 6.42 Å². The molecule has 0 bridgehead atoms. The van der Waals surface area contributed by atoms with Crippen LogP contribution in [0.25, 0.3) is 0 Å². The van der Waals surface area contributed by atoms with Crippen LogP contribution in [0.1, 0.15) is 13.3 Å². The minimum Gasteiger partial charge on any atom is -0.390 e. The van der Waals surface area contributed by atoms with Crippen LogP contribution < -0.4 is 10.5 Å². The standard InChI is InChI=1S/C11H16ClFN2O3S.ClH/c1-2-9(10(16)6-14)15-19(17,18)11-4-3-7(13)5-8(11)12;/h3-5,9-10,15-16H,2,6,14H2,1H3;1H/t9-,10+;/m0./s1. The summed E-state index contributed by atoms with van der Waals surface area (Å²) in [6.07, 6.45) is -0.643. The number of halogens is 3. The third-order valence-corrected chi connectivity index (χ3v) is 4.61. The van der Waals surface area contributed by atoms with Crippen molar-refractivity contribution in [2.75, 3.05) is 6.54 Å². The molecule has 0 saturated heterocycles. The first kappa shape index (κ1) is 19.6. The molecule has 0 radical (unpaired) electrons. The molecule has 9 heteroatoms. The second-order valence-corrected chi connectivity index (χ2v) is 6.10. The highest BCUT2D eigenvalue weighted by atomic mass is 35.5. The summed E-state index contributed by atoms with van der Waals surface area (Å²) in [6.45, 7) is 1.64. The number of rotatable bonds is 6. The highest BCUT2D eigenvalue weighted by Crippen LogP contribution is 2.22. The fourth-order valence-corrected chi connectivity index (χ4v) is 3.44. The Bertz CT molecular complexity index is 542. The molecule has 0 amide bonds. The van der Waals surface area contributed by atoms with E-state index in [9.17, 15) is 17.9 Å². The molecule has 1 rings (SSSR count). The van der Waals surface area contributed by atoms with E-state index in [1.165, 1.54) is 0 Å². The monoisotopic (exact) mass is 346 g/mol. The van der Waals surface area contributed by atoms with Gasteiger partial charge in [0.1, 0.15) is 10.7 Å². The van der Waals surface area contributed by atoms with Gasteiger partial charge in [-0.2, -0.15) is 0 Å². The van der Waals surface area contributed by atoms with Crippen LogP contribution in [0.2, 0.25) is 5.02 Å². The van der Waals surface area contributed by atoms with Crippen molar-refractivity contribution in [2.45, 2.75) is 30.4 Å². The molecular formula is C11H17Cl2FN2O3S. The minimum atomic E-state index is -3.94. The number of hydrogen-bond donors (Lipinski definition) is 3. The van der Waals surface area contributed by atoms with E-state index in [0.717, 1.165) is 18.2 Å². The Labute approximate surface area is 128 Å². The topological polar surface area (TPSA) is 92.4 Å². The first-order chi connectivity index (χ1) is 8.81. The predicted molar refractivity (Wildman–Crippen MR) is 78.1 cm³/mol. The van der Waals surface area contributed by atoms with Crippen LogP contribution in [-0.2, 0) is 10.0 Å². The second kappa shape index (κ2) is 8.11. The lowest BCUT2D eigenvalue weighted by Gasteiger charge is -2.21. The van der Waals surface area contributed by atoms with Crippen LogP contribution in [0.5, 0.6) is 0 Å². The summed E-state index contributed by atoms with van der Waals surface area (Å²) < 4.78 is 39.4. The smallest absolute Gasteiger partial charge is 0.242 e. The van der Waals surface area contributed by atoms with Crippen molar-refractivity contribution in [1.82, 2.24) is 4.72 Å². The summed E-state index contributed by atoms with van der Waals surface area (Å²) in [5.41, 5.74) is 5.30. The quantitative estimate of drug-likeness (QED) is 0.723. The molecule has 0 unspecified atom stereocenters. The molecule has 2 atom stereocenters. The van der Waals surface area contributed by atoms with Gasteiger partial charge in [0, 0.05) is 12.6 Å². The fourth-order valence-electron chi connectivity index (χ4n) is 1.55. The SMILES string of the molecule is CC[C@H](NS(=O)(=O)c1ccc(F)cc1Cl)[C@H](O)CN.Cl. The van der Waals surface area contributed by atoms with E-state index in [1.807, 2.05) is 0 Å². The normalized spacial score (nSPS) is 14.4. The van der Waals surface area contributed by atoms with Crippen molar-refractivity contribution in [3.05, 3.63) is 29.0 Å². The summed E-state index contributed by atoms with van der Waals surface area (Å²) in [4.78, 5) is -0.238. The molecule has 0 aliphatic heterocycles. The van der Waals surface area contributed by atoms with Crippen LogP contribution in [-0.4, -0.2) is 32.2 Å². The molecule has 0 heterocycles. The van der Waals surface area contributed by atoms with E-state index in [4.69, 9.17) is 17.3 Å². The van der Waals surface area contributed by atoms with Crippen molar-refractivity contribution < 1.29 is 17.9 Å². The van der Waals surface area contributed by atoms with Gasteiger partial charge in [-0.15, -0.1) is 12.4 Å². The van der Waals surface area contributed by atoms with Crippen molar-refractivity contribution >= 4 is 34.0 Å². The maximum absolute atomic E-state index is 12.9. The fraction of sp³-hybridized carbons (Fsp3) is 0.455. The van der Waals surface area contributed by atoms with Crippen molar-refractivity contribution in [1.29, 1.82) is 0 Å². The zero-order valence-electron chi connectivity index (χ0n) is 10.7. The number of nitrogens with one attached hydrogen (secondary N) is 1. The molecule has 0 aromatic heterocycles. The first-order valence-corrected chi connectivity index (χ1v) is 7.53. The highest BCUT2D eigenvalue weighted by molar-refractivity contribution is 7.89. The lowest BCUT2D eigenvalue weighted by atomic mass is 10.1. The molecule has 20 heavy (non-hydrogen) atoms. The van der Waals surface area contributed by atoms with Gasteiger partial charge in [0.2, 0.25) is 10.0 Å². The van der Waals surface area contributed by atoms with Crippen LogP contribution in [0.4, 0.5) is 4.39 Å². The molecular weight excluding hydrogens is 330 g/mol. The van der Waals surface area contributed by atoms with Crippen molar-refractivity contribution in [2.24, 2.45) is 5.73 Å². The summed E-state index contributed by atoms with van der Waals surface area (Å²) in [5.74, 6) is -0.627. The lowest BCUT2D eigenvalue weighted by Crippen LogP contribution is -2.46. The molecule has 0 fully saturated rings. The van der Waals surface area contributed by atoms with E-state index >= 15 is 0 Å². The maximum Gasteiger partial charge on any atom is 0.242 e. The molecule has 0 aliphatic carbocycles. The van der Waals surface area contributed by atoms with Gasteiger partial charge in [-0.1, -0.05) is 18.5 Å². The number of sulfonamides is 1. The lowest BCUT2D eigenvalue weighted by molar-refractivity contribution is 0.143. The Morgan fingerprint density at radius 1 is 1.50 bits per heavy atom. The Kier molecular flexibility index (Phi) is 7.93. The average Bonchev–Trinajstić information content (AvgIpc) is 2.34. The van der Waals surface area contributed by atoms with Crippen LogP contribution in [0.3, 0.4) is 0 Å². The van der Waals surface area contributed by atoms with Gasteiger partial charge in [0.15, 0.2) is 0 Å². The summed E-state index contributed by atoms with van der Waals surface area (Å²) in [7, 11) is -3.94. The molecule has 1 aromatic carbocycles. The molecule has 5 nitrogen and oxygen atoms in total. The number of aliphatic hydroxyl groups is 1. The molecule has 116 valence electrons. The minimum absolute atomic E-state index is 0. The number of hydrogen-bond acceptors (Lipinski definition) is 4. The van der Waals surface area contributed by atoms with Gasteiger partial charge in [0.05, 0.1) is 11.1 Å². The summed E-state index contributed by atoms with van der Waals surface area (Å²) in [6, 6.07) is 2.26. The molecule has 0 spiro atoms. The van der Waals surface area contributed by atoms with Crippen LogP contribution >= 0.6 is 24.0 Å². The first-order valence-electron chi connectivity index (χ1n) is 5.67. The van der Waals surface area contributed by atoms with E-state index in [-0.39, 0.29) is 28.9 Å². The second-order valence-electron chi connectivity index (χ2n) is 4.01. The van der Waals surface area contributed by atoms with Gasteiger partial charge in [-0.05, 0) is 24.6 Å². The highest BCUT2D eigenvalue weighted by Gasteiger charge is 2.25. The molecule has 1 aromatic rings. The van der Waals surface area contributed by atoms with Gasteiger partial charge in [-0.3, -0.25) is 0 Å². The Balaban J connectivity index is 0.00000361. The van der Waals surface area contributed by atoms with Gasteiger partial charge >= 0.3 is 0 Å². The van der Waals surface area contributed by atoms with Crippen molar-refractivity contribution in [3.8, 4) is 0 Å². The molecule has 0 saturated carbocycles. The zero-order chi connectivity index (χ0) is 14.6. The molecule has 4 N–H and O–H groups in total. The van der Waals surface area contributed by atoms with Crippen LogP contribution in [0, 0.1) is 5.82 Å². The Morgan fingerprint density at radius 2 is 2.10 bits per heavy atom. The summed E-state index contributed by atoms with van der Waals surface area (Å²) in [5, 5.41) is 9.38. The van der Waals surface area contributed by atoms with E-state index in [2.05, 4.69) is 4.72 Å². The van der Waals surface area contributed by atoms with Crippen LogP contribution in [0.15, 0.2) is 23.1 Å². The number of nitrogens with two attached hydrogens (primary N) is 1. The average molecular weight is 347 g/mol. The maximum atomic E-state index is 12.9. The number of aliphatic hydroxyl groups excluding tert-OH is 1. The largest absolute Gasteiger partial charge is 0.390 e. The van der Waals surface area contributed by atoms with E-state index in [1.54, 1.807) is 6.92 Å². The number of benzene rings is 1. The van der Waals surface area contributed by atoms with Gasteiger partial charge in [0.25, 0.3) is 0 Å². The Hall–Kier alpha value is -0.440. The third kappa shape index (κ3) is 4.83. The van der Waals surface area contributed by atoms with Crippen molar-refractivity contribution in [3.63, 3.8) is 0 Å². The van der Waals surface area contributed by atoms with Gasteiger partial charge in [-0.25, -0.2) is 17.5 Å². The van der Waals surface area contributed by atoms with E-state index < -0.39 is 28.0 Å². The summed E-state index contributed by atoms with van der Waals surface area (Å²) >= 11 is 5.71. The predicted octanol–water partition coefficient (Wildman–Crippen LogP) is 1.28. The van der Waals surface area contributed by atoms with Gasteiger partial charge < -0.3 is 10.8 Å². The Morgan fingerprint density at radius 3 is 2.55 bits per heavy atom. The zero-order valence-corrected chi connectivity index (χ0v) is 13.1. The third-order valence-electron chi connectivity index (χ3n) is 2.64.